The number of aromatic nitrogens is 2. The first-order valence-electron chi connectivity index (χ1n) is 13.8. The highest BCUT2D eigenvalue weighted by atomic mass is 16.6. The molecule has 1 aliphatic carbocycles. The van der Waals surface area contributed by atoms with Gasteiger partial charge in [-0.15, -0.1) is 0 Å². The number of benzene rings is 2. The molecule has 1 N–H and O–H groups in total. The van der Waals surface area contributed by atoms with Crippen LogP contribution >= 0.6 is 0 Å². The smallest absolute Gasteiger partial charge is 0.343 e. The quantitative estimate of drug-likeness (QED) is 0.265. The molecule has 3 aliphatic heterocycles. The minimum Gasteiger partial charge on any atom is -0.458 e. The van der Waals surface area contributed by atoms with Crippen molar-refractivity contribution in [3.05, 3.63) is 97.3 Å². The fourth-order valence-corrected chi connectivity index (χ4v) is 7.28. The molecule has 2 aromatic carbocycles. The molecule has 9 nitrogen and oxygen atoms in total. The molecular weight excluding hydrogens is 522 g/mol. The highest BCUT2D eigenvalue weighted by Gasteiger charge is 2.46. The second kappa shape index (κ2) is 7.98. The molecule has 2 atom stereocenters. The first-order valence-corrected chi connectivity index (χ1v) is 13.8. The number of aliphatic hydroxyl groups is 1. The lowest BCUT2D eigenvalue weighted by Crippen LogP contribution is -2.44. The van der Waals surface area contributed by atoms with Crippen LogP contribution < -0.4 is 5.56 Å². The van der Waals surface area contributed by atoms with E-state index in [1.165, 1.54) is 4.90 Å². The van der Waals surface area contributed by atoms with Crippen LogP contribution in [0.4, 0.5) is 0 Å². The van der Waals surface area contributed by atoms with Gasteiger partial charge in [-0.25, -0.2) is 9.78 Å². The van der Waals surface area contributed by atoms with E-state index in [4.69, 9.17) is 9.72 Å². The van der Waals surface area contributed by atoms with Gasteiger partial charge >= 0.3 is 5.97 Å². The molecule has 2 amide bonds. The largest absolute Gasteiger partial charge is 0.458 e. The average Bonchev–Trinajstić information content (AvgIpc) is 3.47. The molecule has 0 bridgehead atoms. The zero-order chi connectivity index (χ0) is 28.4. The molecule has 0 radical (unpaired) electrons. The molecule has 8 rings (SSSR count). The number of hydrogen-bond acceptors (Lipinski definition) is 7. The summed E-state index contributed by atoms with van der Waals surface area (Å²) in [6.07, 6.45) is 1.22. The molecule has 0 spiro atoms. The monoisotopic (exact) mass is 547 g/mol. The van der Waals surface area contributed by atoms with Gasteiger partial charge in [0.25, 0.3) is 17.4 Å². The predicted molar refractivity (Wildman–Crippen MR) is 147 cm³/mol. The van der Waals surface area contributed by atoms with Crippen LogP contribution in [0.25, 0.3) is 22.3 Å². The molecule has 0 saturated heterocycles. The summed E-state index contributed by atoms with van der Waals surface area (Å²) in [4.78, 5) is 59.5. The van der Waals surface area contributed by atoms with E-state index in [-0.39, 0.29) is 41.5 Å². The fourth-order valence-electron chi connectivity index (χ4n) is 7.28. The molecule has 0 fully saturated rings. The number of hydrogen-bond donors (Lipinski definition) is 1. The summed E-state index contributed by atoms with van der Waals surface area (Å²) >= 11 is 0. The minimum atomic E-state index is -1.89. The lowest BCUT2D eigenvalue weighted by molar-refractivity contribution is -0.172. The highest BCUT2D eigenvalue weighted by molar-refractivity contribution is 6.21. The third kappa shape index (κ3) is 2.91. The number of carbonyl (C=O) groups is 3. The van der Waals surface area contributed by atoms with Gasteiger partial charge in [0.05, 0.1) is 46.2 Å². The van der Waals surface area contributed by atoms with Crippen molar-refractivity contribution in [2.24, 2.45) is 0 Å². The molecule has 204 valence electrons. The first-order chi connectivity index (χ1) is 19.7. The molecule has 4 aromatic rings. The van der Waals surface area contributed by atoms with Gasteiger partial charge in [0.15, 0.2) is 5.60 Å². The highest BCUT2D eigenvalue weighted by Crippen LogP contribution is 2.47. The number of pyridine rings is 2. The van der Waals surface area contributed by atoms with Crippen molar-refractivity contribution in [3.8, 4) is 11.4 Å². The molecule has 0 saturated carbocycles. The van der Waals surface area contributed by atoms with Gasteiger partial charge in [-0.1, -0.05) is 25.1 Å². The lowest BCUT2D eigenvalue weighted by Gasteiger charge is -2.33. The lowest BCUT2D eigenvalue weighted by atomic mass is 9.81. The minimum absolute atomic E-state index is 0.0762. The van der Waals surface area contributed by atoms with E-state index in [0.717, 1.165) is 27.6 Å². The van der Waals surface area contributed by atoms with E-state index in [0.29, 0.717) is 47.4 Å². The Morgan fingerprint density at radius 3 is 2.46 bits per heavy atom. The Bertz CT molecular complexity index is 1960. The number of cyclic esters (lactones) is 1. The third-order valence-corrected chi connectivity index (χ3v) is 9.37. The number of fused-ring (bicyclic) bond motifs is 6. The van der Waals surface area contributed by atoms with E-state index in [1.54, 1.807) is 41.8 Å². The third-order valence-electron chi connectivity index (χ3n) is 9.37. The topological polar surface area (TPSA) is 119 Å². The number of imide groups is 1. The summed E-state index contributed by atoms with van der Waals surface area (Å²) in [6, 6.07) is 12.1. The molecule has 5 heterocycles. The van der Waals surface area contributed by atoms with Gasteiger partial charge < -0.3 is 14.4 Å². The van der Waals surface area contributed by atoms with Crippen LogP contribution in [0.2, 0.25) is 0 Å². The number of ether oxygens (including phenoxy) is 1. The van der Waals surface area contributed by atoms with Crippen LogP contribution in [0.1, 0.15) is 79.9 Å². The van der Waals surface area contributed by atoms with Gasteiger partial charge in [0, 0.05) is 16.5 Å². The van der Waals surface area contributed by atoms with E-state index >= 15 is 0 Å². The number of carbonyl (C=O) groups excluding carboxylic acids is 3. The first kappa shape index (κ1) is 24.2. The normalized spacial score (nSPS) is 22.0. The van der Waals surface area contributed by atoms with Crippen molar-refractivity contribution in [3.63, 3.8) is 0 Å². The van der Waals surface area contributed by atoms with E-state index in [1.807, 2.05) is 19.1 Å². The molecular formula is C32H25N3O6. The van der Waals surface area contributed by atoms with Crippen LogP contribution in [-0.2, 0) is 34.7 Å². The van der Waals surface area contributed by atoms with Crippen molar-refractivity contribution < 1.29 is 24.2 Å². The second-order valence-corrected chi connectivity index (χ2v) is 11.3. The van der Waals surface area contributed by atoms with Crippen molar-refractivity contribution in [2.75, 3.05) is 0 Å². The van der Waals surface area contributed by atoms with Crippen molar-refractivity contribution in [1.82, 2.24) is 14.5 Å². The number of aryl methyl sites for hydroxylation is 2. The number of rotatable bonds is 2. The van der Waals surface area contributed by atoms with Crippen molar-refractivity contribution >= 4 is 28.7 Å². The van der Waals surface area contributed by atoms with Crippen LogP contribution in [0.3, 0.4) is 0 Å². The Balaban J connectivity index is 1.32. The summed E-state index contributed by atoms with van der Waals surface area (Å²) in [5, 5.41) is 12.1. The predicted octanol–water partition coefficient (Wildman–Crippen LogP) is 3.67. The molecule has 1 unspecified atom stereocenters. The summed E-state index contributed by atoms with van der Waals surface area (Å²) in [5.41, 5.74) is 4.99. The average molecular weight is 548 g/mol. The van der Waals surface area contributed by atoms with Crippen molar-refractivity contribution in [2.45, 2.75) is 57.9 Å². The molecule has 4 aliphatic rings. The summed E-state index contributed by atoms with van der Waals surface area (Å²) in [6.45, 7) is 3.79. The fraction of sp³-hybridized carbons (Fsp3) is 0.281. The summed E-state index contributed by atoms with van der Waals surface area (Å²) < 4.78 is 6.84. The van der Waals surface area contributed by atoms with Crippen LogP contribution in [0.5, 0.6) is 0 Å². The summed E-state index contributed by atoms with van der Waals surface area (Å²) in [7, 11) is 0. The SMILES string of the molecule is CC[C@@]1(O)C(=O)OCc2c1cc1n(c2=O)Cc2c-1nc1ccc(C)c3c1c2CCC3N1C(=O)c2ccccc2C1=O. The van der Waals surface area contributed by atoms with E-state index in [2.05, 4.69) is 0 Å². The Morgan fingerprint density at radius 1 is 1.02 bits per heavy atom. The van der Waals surface area contributed by atoms with Crippen LogP contribution in [0.15, 0.2) is 47.3 Å². The van der Waals surface area contributed by atoms with Gasteiger partial charge in [-0.05, 0) is 67.1 Å². The van der Waals surface area contributed by atoms with E-state index < -0.39 is 17.6 Å². The van der Waals surface area contributed by atoms with Gasteiger partial charge in [-0.3, -0.25) is 19.3 Å². The van der Waals surface area contributed by atoms with Crippen LogP contribution in [0, 0.1) is 6.92 Å². The van der Waals surface area contributed by atoms with Gasteiger partial charge in [0.2, 0.25) is 0 Å². The Labute approximate surface area is 234 Å². The van der Waals surface area contributed by atoms with Crippen LogP contribution in [-0.4, -0.2) is 37.3 Å². The maximum atomic E-state index is 13.7. The maximum Gasteiger partial charge on any atom is 0.343 e. The Kier molecular flexibility index (Phi) is 4.71. The zero-order valence-corrected chi connectivity index (χ0v) is 22.5. The number of esters is 1. The van der Waals surface area contributed by atoms with Gasteiger partial charge in [-0.2, -0.15) is 0 Å². The Hall–Kier alpha value is -4.63. The van der Waals surface area contributed by atoms with Crippen molar-refractivity contribution in [1.29, 1.82) is 0 Å². The molecule has 2 aromatic heterocycles. The molecule has 9 heteroatoms. The molecule has 41 heavy (non-hydrogen) atoms. The van der Waals surface area contributed by atoms with E-state index in [9.17, 15) is 24.3 Å². The summed E-state index contributed by atoms with van der Waals surface area (Å²) in [5.74, 6) is -1.32. The van der Waals surface area contributed by atoms with Gasteiger partial charge in [0.1, 0.15) is 6.61 Å². The zero-order valence-electron chi connectivity index (χ0n) is 22.5. The number of nitrogens with zero attached hydrogens (tertiary/aromatic N) is 3. The maximum absolute atomic E-state index is 13.7. The number of amides is 2. The Morgan fingerprint density at radius 2 is 1.76 bits per heavy atom. The standard InChI is InChI=1S/C32H25N3O6/c1-3-32(40)21-12-24-27-19(13-34(24)28(36)20(21)14-41-31(32)39)16-9-11-23(25-15(2)8-10-22(33-27)26(16)25)35-29(37)17-6-4-5-7-18(17)30(35)38/h4-8,10,12,23,40H,3,9,11,13-14H2,1-2H3/t23?,32-/m0/s1. The second-order valence-electron chi connectivity index (χ2n) is 11.3.